The number of hydrogen-bond acceptors (Lipinski definition) is 3. The van der Waals surface area contributed by atoms with Gasteiger partial charge in [-0.1, -0.05) is 20.8 Å². The van der Waals surface area contributed by atoms with Gasteiger partial charge in [0.25, 0.3) is 0 Å². The van der Waals surface area contributed by atoms with E-state index in [1.165, 1.54) is 0 Å². The van der Waals surface area contributed by atoms with Crippen LogP contribution in [0.5, 0.6) is 0 Å². The standard InChI is InChI=1S/C11H20ClNO2/c1-11(2,3)9(14)7-5-6-8(15-4)13-10(7)12/h7-8,10,13H,5-6H2,1-4H3. The summed E-state index contributed by atoms with van der Waals surface area (Å²) in [5.41, 5.74) is -0.630. The second kappa shape index (κ2) is 4.81. The van der Waals surface area contributed by atoms with Gasteiger partial charge in [-0.05, 0) is 12.8 Å². The smallest absolute Gasteiger partial charge is 0.144 e. The van der Waals surface area contributed by atoms with Crippen LogP contribution in [0, 0.1) is 11.3 Å². The molecule has 1 N–H and O–H groups in total. The molecule has 3 atom stereocenters. The molecule has 1 aliphatic heterocycles. The van der Waals surface area contributed by atoms with E-state index in [-0.39, 0.29) is 28.8 Å². The third-order valence-corrected chi connectivity index (χ3v) is 3.23. The van der Waals surface area contributed by atoms with Crippen molar-refractivity contribution in [1.82, 2.24) is 5.32 Å². The van der Waals surface area contributed by atoms with Crippen molar-refractivity contribution in [2.75, 3.05) is 7.11 Å². The summed E-state index contributed by atoms with van der Waals surface area (Å²) in [7, 11) is 1.65. The summed E-state index contributed by atoms with van der Waals surface area (Å²) >= 11 is 6.15. The molecule has 0 aromatic heterocycles. The van der Waals surface area contributed by atoms with Gasteiger partial charge < -0.3 is 4.74 Å². The highest BCUT2D eigenvalue weighted by molar-refractivity contribution is 6.22. The third kappa shape index (κ3) is 3.16. The zero-order chi connectivity index (χ0) is 11.6. The Bertz CT molecular complexity index is 237. The van der Waals surface area contributed by atoms with Crippen molar-refractivity contribution >= 4 is 17.4 Å². The second-order valence-electron chi connectivity index (χ2n) is 5.09. The summed E-state index contributed by atoms with van der Waals surface area (Å²) < 4.78 is 5.17. The lowest BCUT2D eigenvalue weighted by molar-refractivity contribution is -0.132. The molecule has 3 unspecified atom stereocenters. The van der Waals surface area contributed by atoms with Crippen LogP contribution in [0.25, 0.3) is 0 Å². The number of rotatable bonds is 2. The van der Waals surface area contributed by atoms with Gasteiger partial charge in [0.15, 0.2) is 0 Å². The van der Waals surface area contributed by atoms with E-state index in [0.717, 1.165) is 12.8 Å². The average Bonchev–Trinajstić information content (AvgIpc) is 2.15. The zero-order valence-corrected chi connectivity index (χ0v) is 10.6. The predicted octanol–water partition coefficient (Wildman–Crippen LogP) is 2.14. The van der Waals surface area contributed by atoms with Gasteiger partial charge >= 0.3 is 0 Å². The third-order valence-electron chi connectivity index (χ3n) is 2.80. The molecule has 0 aliphatic carbocycles. The van der Waals surface area contributed by atoms with Crippen molar-refractivity contribution in [3.05, 3.63) is 0 Å². The Labute approximate surface area is 96.5 Å². The van der Waals surface area contributed by atoms with Crippen LogP contribution < -0.4 is 5.32 Å². The van der Waals surface area contributed by atoms with Crippen LogP contribution in [0.4, 0.5) is 0 Å². The van der Waals surface area contributed by atoms with Gasteiger partial charge in [0.1, 0.15) is 12.0 Å². The van der Waals surface area contributed by atoms with Crippen molar-refractivity contribution in [2.45, 2.75) is 45.3 Å². The molecule has 0 amide bonds. The van der Waals surface area contributed by atoms with E-state index in [1.807, 2.05) is 20.8 Å². The highest BCUT2D eigenvalue weighted by atomic mass is 35.5. The van der Waals surface area contributed by atoms with Crippen LogP contribution in [0.2, 0.25) is 0 Å². The second-order valence-corrected chi connectivity index (χ2v) is 5.56. The molecule has 1 aliphatic rings. The first-order valence-electron chi connectivity index (χ1n) is 5.33. The van der Waals surface area contributed by atoms with Crippen molar-refractivity contribution in [1.29, 1.82) is 0 Å². The minimum Gasteiger partial charge on any atom is -0.367 e. The fraction of sp³-hybridized carbons (Fsp3) is 0.909. The molecular formula is C11H20ClNO2. The Hall–Kier alpha value is -0.120. The van der Waals surface area contributed by atoms with Gasteiger partial charge in [0, 0.05) is 18.4 Å². The van der Waals surface area contributed by atoms with Crippen molar-refractivity contribution in [2.24, 2.45) is 11.3 Å². The number of ketones is 1. The fourth-order valence-electron chi connectivity index (χ4n) is 1.86. The topological polar surface area (TPSA) is 38.3 Å². The molecule has 0 bridgehead atoms. The number of ether oxygens (including phenoxy) is 1. The molecule has 3 nitrogen and oxygen atoms in total. The molecule has 1 rings (SSSR count). The van der Waals surface area contributed by atoms with Crippen LogP contribution in [-0.2, 0) is 9.53 Å². The molecule has 0 aromatic rings. The normalized spacial score (nSPS) is 32.7. The SMILES string of the molecule is COC1CCC(C(=O)C(C)(C)C)C(Cl)N1. The van der Waals surface area contributed by atoms with Crippen LogP contribution in [0.1, 0.15) is 33.6 Å². The van der Waals surface area contributed by atoms with E-state index < -0.39 is 0 Å². The molecule has 0 spiro atoms. The van der Waals surface area contributed by atoms with Crippen LogP contribution >= 0.6 is 11.6 Å². The summed E-state index contributed by atoms with van der Waals surface area (Å²) in [5.74, 6) is 0.127. The highest BCUT2D eigenvalue weighted by Gasteiger charge is 2.38. The Morgan fingerprint density at radius 1 is 1.40 bits per heavy atom. The van der Waals surface area contributed by atoms with Crippen LogP contribution in [0.15, 0.2) is 0 Å². The molecular weight excluding hydrogens is 214 g/mol. The van der Waals surface area contributed by atoms with E-state index >= 15 is 0 Å². The van der Waals surface area contributed by atoms with Crippen LogP contribution in [-0.4, -0.2) is 24.6 Å². The van der Waals surface area contributed by atoms with Crippen LogP contribution in [0.3, 0.4) is 0 Å². The Morgan fingerprint density at radius 2 is 2.00 bits per heavy atom. The summed E-state index contributed by atoms with van der Waals surface area (Å²) in [6, 6.07) is 0. The Balaban J connectivity index is 2.62. The molecule has 1 heterocycles. The van der Waals surface area contributed by atoms with E-state index in [2.05, 4.69) is 5.32 Å². The van der Waals surface area contributed by atoms with Gasteiger partial charge in [0.05, 0.1) is 5.50 Å². The first-order valence-corrected chi connectivity index (χ1v) is 5.77. The number of carbonyl (C=O) groups excluding carboxylic acids is 1. The average molecular weight is 234 g/mol. The molecule has 1 saturated heterocycles. The number of methoxy groups -OCH3 is 1. The molecule has 1 fully saturated rings. The minimum atomic E-state index is -0.320. The maximum atomic E-state index is 12.1. The van der Waals surface area contributed by atoms with Gasteiger partial charge in [0.2, 0.25) is 0 Å². The van der Waals surface area contributed by atoms with Gasteiger partial charge in [-0.2, -0.15) is 0 Å². The molecule has 15 heavy (non-hydrogen) atoms. The number of hydrogen-bond donors (Lipinski definition) is 1. The summed E-state index contributed by atoms with van der Waals surface area (Å²) in [4.78, 5) is 12.1. The molecule has 4 heteroatoms. The molecule has 0 aromatic carbocycles. The van der Waals surface area contributed by atoms with E-state index in [0.29, 0.717) is 0 Å². The fourth-order valence-corrected chi connectivity index (χ4v) is 2.24. The molecule has 0 radical (unpaired) electrons. The number of nitrogens with one attached hydrogen (secondary N) is 1. The summed E-state index contributed by atoms with van der Waals surface area (Å²) in [6.45, 7) is 5.80. The molecule has 0 saturated carbocycles. The van der Waals surface area contributed by atoms with Crippen molar-refractivity contribution in [3.8, 4) is 0 Å². The predicted molar refractivity (Wildman–Crippen MR) is 60.8 cm³/mol. The number of halogens is 1. The first-order chi connectivity index (χ1) is 6.86. The Kier molecular flexibility index (Phi) is 4.15. The van der Waals surface area contributed by atoms with E-state index in [1.54, 1.807) is 7.11 Å². The first kappa shape index (κ1) is 12.9. The van der Waals surface area contributed by atoms with Gasteiger partial charge in [-0.15, -0.1) is 11.6 Å². The Morgan fingerprint density at radius 3 is 2.40 bits per heavy atom. The summed E-state index contributed by atoms with van der Waals surface area (Å²) in [6.07, 6.45) is 1.62. The van der Waals surface area contributed by atoms with Crippen molar-refractivity contribution < 1.29 is 9.53 Å². The maximum absolute atomic E-state index is 12.1. The number of piperidine rings is 1. The lowest BCUT2D eigenvalue weighted by Gasteiger charge is -2.35. The number of carbonyl (C=O) groups is 1. The monoisotopic (exact) mass is 233 g/mol. The van der Waals surface area contributed by atoms with E-state index in [9.17, 15) is 4.79 Å². The minimum absolute atomic E-state index is 0.0171. The van der Waals surface area contributed by atoms with Gasteiger partial charge in [-0.3, -0.25) is 10.1 Å². The molecule has 88 valence electrons. The maximum Gasteiger partial charge on any atom is 0.144 e. The quantitative estimate of drug-likeness (QED) is 0.587. The van der Waals surface area contributed by atoms with E-state index in [4.69, 9.17) is 16.3 Å². The largest absolute Gasteiger partial charge is 0.367 e. The highest BCUT2D eigenvalue weighted by Crippen LogP contribution is 2.30. The number of Topliss-reactive ketones (excluding diaryl/α,β-unsaturated/α-hetero) is 1. The lowest BCUT2D eigenvalue weighted by Crippen LogP contribution is -2.49. The van der Waals surface area contributed by atoms with Crippen molar-refractivity contribution in [3.63, 3.8) is 0 Å². The lowest BCUT2D eigenvalue weighted by atomic mass is 9.79. The zero-order valence-electron chi connectivity index (χ0n) is 9.84. The van der Waals surface area contributed by atoms with Gasteiger partial charge in [-0.25, -0.2) is 0 Å². The summed E-state index contributed by atoms with van der Waals surface area (Å²) in [5, 5.41) is 3.09. The number of alkyl halides is 1.